The van der Waals surface area contributed by atoms with Crippen molar-refractivity contribution < 1.29 is 31.1 Å². The molecule has 1 amide bonds. The minimum atomic E-state index is -1.03. The number of carbonyl (C=O) groups is 3. The smallest absolute Gasteiger partial charge is 0.326 e. The highest BCUT2D eigenvalue weighted by Gasteiger charge is 2.48. The third kappa shape index (κ3) is 5.64. The maximum Gasteiger partial charge on any atom is 0.326 e. The number of likely N-dealkylation sites (tertiary alicyclic amines) is 1. The Morgan fingerprint density at radius 1 is 1.26 bits per heavy atom. The van der Waals surface area contributed by atoms with Gasteiger partial charge in [0, 0.05) is 6.04 Å². The van der Waals surface area contributed by atoms with E-state index in [4.69, 9.17) is 11.6 Å². The molecule has 2 aliphatic rings. The zero-order valence-electron chi connectivity index (χ0n) is 23.1. The molecular weight excluding hydrogens is 396 g/mol. The Morgan fingerprint density at radius 2 is 1.97 bits per heavy atom. The Balaban J connectivity index is 1.79. The van der Waals surface area contributed by atoms with Crippen LogP contribution < -0.4 is 5.32 Å². The first kappa shape index (κ1) is 17.2. The van der Waals surface area contributed by atoms with Crippen LogP contribution in [0.5, 0.6) is 0 Å². The van der Waals surface area contributed by atoms with E-state index in [1.807, 2.05) is 0 Å². The van der Waals surface area contributed by atoms with Crippen molar-refractivity contribution in [1.82, 2.24) is 10.2 Å². The van der Waals surface area contributed by atoms with Gasteiger partial charge in [0.25, 0.3) is 0 Å². The molecule has 1 aromatic rings. The highest BCUT2D eigenvalue weighted by atomic mass is 16.5. The number of nitrogens with one attached hydrogen (secondary N) is 1. The van der Waals surface area contributed by atoms with Crippen LogP contribution in [0.2, 0.25) is 0 Å². The molecule has 1 aromatic carbocycles. The van der Waals surface area contributed by atoms with E-state index < -0.39 is 54.1 Å². The van der Waals surface area contributed by atoms with Crippen molar-refractivity contribution in [2.24, 2.45) is 5.92 Å². The summed E-state index contributed by atoms with van der Waals surface area (Å²) in [6.07, 6.45) is 4.04. The second kappa shape index (κ2) is 10.8. The average molecular weight is 436 g/mol. The van der Waals surface area contributed by atoms with Crippen molar-refractivity contribution in [3.8, 4) is 0 Å². The Labute approximate surface area is 191 Å². The summed E-state index contributed by atoms with van der Waals surface area (Å²) in [4.78, 5) is 39.6. The van der Waals surface area contributed by atoms with Crippen LogP contribution in [-0.4, -0.2) is 58.6 Å². The monoisotopic (exact) mass is 435 g/mol. The fraction of sp³-hybridized carbons (Fsp3) is 0.625. The molecule has 1 heterocycles. The number of carbonyl (C=O) groups excluding carboxylic acids is 2. The Hall–Kier alpha value is -2.41. The first-order valence-corrected chi connectivity index (χ1v) is 11.0. The van der Waals surface area contributed by atoms with Crippen LogP contribution in [0, 0.1) is 5.92 Å². The number of nitrogens with zero attached hydrogens (tertiary/aromatic N) is 1. The van der Waals surface area contributed by atoms with E-state index in [1.54, 1.807) is 13.8 Å². The summed E-state index contributed by atoms with van der Waals surface area (Å²) >= 11 is 0. The van der Waals surface area contributed by atoms with Crippen LogP contribution in [-0.2, 0) is 25.5 Å². The molecule has 7 nitrogen and oxygen atoms in total. The number of hydrogen-bond acceptors (Lipinski definition) is 5. The third-order valence-corrected chi connectivity index (χ3v) is 6.26. The summed E-state index contributed by atoms with van der Waals surface area (Å²) in [5.74, 6) is -1.90. The number of hydrogen-bond donors (Lipinski definition) is 2. The third-order valence-electron chi connectivity index (χ3n) is 6.26. The van der Waals surface area contributed by atoms with E-state index in [-0.39, 0.29) is 49.1 Å². The van der Waals surface area contributed by atoms with E-state index in [0.717, 1.165) is 25.7 Å². The van der Waals surface area contributed by atoms with Gasteiger partial charge in [-0.1, -0.05) is 43.1 Å². The summed E-state index contributed by atoms with van der Waals surface area (Å²) in [5, 5.41) is 12.7. The first-order chi connectivity index (χ1) is 17.0. The number of ether oxygens (including phenoxy) is 1. The van der Waals surface area contributed by atoms with E-state index in [2.05, 4.69) is 5.32 Å². The van der Waals surface area contributed by atoms with Crippen LogP contribution in [0.25, 0.3) is 0 Å². The lowest BCUT2D eigenvalue weighted by Gasteiger charge is -2.35. The summed E-state index contributed by atoms with van der Waals surface area (Å²) in [5.41, 5.74) is 0.0756. The molecule has 31 heavy (non-hydrogen) atoms. The van der Waals surface area contributed by atoms with Crippen LogP contribution in [0.4, 0.5) is 0 Å². The molecule has 2 N–H and O–H groups in total. The van der Waals surface area contributed by atoms with Gasteiger partial charge in [-0.15, -0.1) is 0 Å². The largest absolute Gasteiger partial charge is 0.480 e. The highest BCUT2D eigenvalue weighted by Crippen LogP contribution is 2.40. The Bertz CT molecular complexity index is 994. The number of carboxylic acids is 1. The van der Waals surface area contributed by atoms with Crippen molar-refractivity contribution >= 4 is 17.8 Å². The lowest BCUT2D eigenvalue weighted by Crippen LogP contribution is -2.55. The fourth-order valence-corrected chi connectivity index (χ4v) is 4.80. The minimum Gasteiger partial charge on any atom is -0.480 e. The van der Waals surface area contributed by atoms with Crippen molar-refractivity contribution in [3.05, 3.63) is 35.8 Å². The van der Waals surface area contributed by atoms with Crippen LogP contribution >= 0.6 is 0 Å². The Morgan fingerprint density at radius 3 is 2.65 bits per heavy atom. The van der Waals surface area contributed by atoms with Gasteiger partial charge in [0.2, 0.25) is 5.91 Å². The lowest BCUT2D eigenvalue weighted by molar-refractivity contribution is -0.152. The standard InChI is InChI=1S/C24H34N2O5/c1-3-31-24(30)19(14-13-17-9-5-4-6-10-17)25-16(2)22(27)26-20-12-8-7-11-18(20)15-21(26)23(28)29/h4-6,9-10,16,18-21,25H,3,7-8,11-15H2,1-2H3,(H,28,29)/t16-,18-,19-,20+,21-/m0/s1/i4D,5D,6D,9D,10D. The maximum atomic E-state index is 13.5. The normalized spacial score (nSPS) is 27.1. The van der Waals surface area contributed by atoms with Gasteiger partial charge in [-0.05, 0) is 57.4 Å². The van der Waals surface area contributed by atoms with Gasteiger partial charge >= 0.3 is 11.9 Å². The zero-order chi connectivity index (χ0) is 26.7. The van der Waals surface area contributed by atoms with E-state index in [0.29, 0.717) is 6.42 Å². The van der Waals surface area contributed by atoms with Crippen LogP contribution in [0.15, 0.2) is 30.2 Å². The van der Waals surface area contributed by atoms with E-state index in [1.165, 1.54) is 4.90 Å². The van der Waals surface area contributed by atoms with Crippen molar-refractivity contribution in [3.63, 3.8) is 0 Å². The molecule has 5 atom stereocenters. The molecule has 3 rings (SSSR count). The van der Waals surface area contributed by atoms with E-state index >= 15 is 0 Å². The summed E-state index contributed by atoms with van der Waals surface area (Å²) < 4.78 is 44.8. The minimum absolute atomic E-state index is 0.0146. The quantitative estimate of drug-likeness (QED) is 0.579. The van der Waals surface area contributed by atoms with Gasteiger partial charge < -0.3 is 14.7 Å². The zero-order valence-corrected chi connectivity index (χ0v) is 18.1. The molecular formula is C24H34N2O5. The molecule has 2 fully saturated rings. The highest BCUT2D eigenvalue weighted by molar-refractivity contribution is 5.88. The lowest BCUT2D eigenvalue weighted by atomic mass is 9.84. The number of aliphatic carboxylic acids is 1. The number of fused-ring (bicyclic) bond motifs is 1. The Kier molecular flexibility index (Phi) is 5.96. The van der Waals surface area contributed by atoms with E-state index in [9.17, 15) is 19.5 Å². The molecule has 1 saturated heterocycles. The summed E-state index contributed by atoms with van der Waals surface area (Å²) in [6.45, 7) is 3.32. The number of benzene rings is 1. The van der Waals surface area contributed by atoms with Crippen molar-refractivity contribution in [2.75, 3.05) is 6.61 Å². The molecule has 7 heteroatoms. The molecule has 1 aliphatic carbocycles. The second-order valence-corrected chi connectivity index (χ2v) is 8.28. The van der Waals surface area contributed by atoms with Gasteiger partial charge in [0.15, 0.2) is 0 Å². The maximum absolute atomic E-state index is 13.5. The van der Waals surface area contributed by atoms with Gasteiger partial charge in [-0.2, -0.15) is 0 Å². The number of carboxylic acid groups (broad SMARTS) is 1. The number of esters is 1. The topological polar surface area (TPSA) is 95.9 Å². The van der Waals surface area contributed by atoms with Crippen molar-refractivity contribution in [1.29, 1.82) is 0 Å². The molecule has 0 unspecified atom stereocenters. The molecule has 170 valence electrons. The molecule has 0 radical (unpaired) electrons. The fourth-order valence-electron chi connectivity index (χ4n) is 4.80. The summed E-state index contributed by atoms with van der Waals surface area (Å²) in [6, 6.07) is -4.98. The molecule has 0 spiro atoms. The molecule has 1 saturated carbocycles. The molecule has 0 bridgehead atoms. The van der Waals surface area contributed by atoms with Gasteiger partial charge in [0.05, 0.1) is 19.5 Å². The van der Waals surface area contributed by atoms with Gasteiger partial charge in [-0.25, -0.2) is 4.79 Å². The number of amides is 1. The van der Waals surface area contributed by atoms with Gasteiger partial charge in [0.1, 0.15) is 12.1 Å². The SMILES string of the molecule is [2H]c1c([2H])c([2H])c(CC[C@H](N[C@@H](C)C(=O)N2[C@@H]3CCCC[C@H]3C[C@H]2C(=O)O)C(=O)OCC)c([2H])c1[2H]. The van der Waals surface area contributed by atoms with Gasteiger partial charge in [-0.3, -0.25) is 14.9 Å². The second-order valence-electron chi connectivity index (χ2n) is 8.28. The van der Waals surface area contributed by atoms with Crippen LogP contribution in [0.1, 0.15) is 64.8 Å². The first-order valence-electron chi connectivity index (χ1n) is 13.5. The average Bonchev–Trinajstić information content (AvgIpc) is 3.25. The predicted octanol–water partition coefficient (Wildman–Crippen LogP) is 2.77. The van der Waals surface area contributed by atoms with Crippen molar-refractivity contribution in [2.45, 2.75) is 83.0 Å². The molecule has 1 aliphatic heterocycles. The predicted molar refractivity (Wildman–Crippen MR) is 116 cm³/mol. The van der Waals surface area contributed by atoms with Crippen LogP contribution in [0.3, 0.4) is 0 Å². The molecule has 0 aromatic heterocycles. The summed E-state index contributed by atoms with van der Waals surface area (Å²) in [7, 11) is 0. The number of rotatable bonds is 9.